The fourth-order valence-corrected chi connectivity index (χ4v) is 4.23. The maximum absolute atomic E-state index is 9.46. The second kappa shape index (κ2) is 7.42. The number of nitriles is 1. The lowest BCUT2D eigenvalue weighted by molar-refractivity contribution is 0.205. The van der Waals surface area contributed by atoms with E-state index in [0.29, 0.717) is 0 Å². The second-order valence-electron chi connectivity index (χ2n) is 7.50. The number of fused-ring (bicyclic) bond motifs is 1. The Morgan fingerprint density at radius 3 is 2.33 bits per heavy atom. The van der Waals surface area contributed by atoms with Crippen LogP contribution in [0.5, 0.6) is 0 Å². The van der Waals surface area contributed by atoms with Crippen molar-refractivity contribution in [2.45, 2.75) is 33.2 Å². The summed E-state index contributed by atoms with van der Waals surface area (Å²) in [5, 5.41) is 16.5. The van der Waals surface area contributed by atoms with Gasteiger partial charge in [-0.1, -0.05) is 53.6 Å². The van der Waals surface area contributed by atoms with E-state index in [2.05, 4.69) is 72.4 Å². The van der Waals surface area contributed by atoms with Crippen molar-refractivity contribution in [2.24, 2.45) is 0 Å². The van der Waals surface area contributed by atoms with Gasteiger partial charge < -0.3 is 5.01 Å². The number of benzene rings is 3. The Hall–Kier alpha value is -2.83. The first kappa shape index (κ1) is 17.6. The SMILES string of the molecule is Cc1cc(C)cc(CN2CCCCN2c2ccc(C#N)c3ccccc23)c1. The third-order valence-electron chi connectivity index (χ3n) is 5.32. The minimum absolute atomic E-state index is 0.743. The van der Waals surface area contributed by atoms with E-state index < -0.39 is 0 Å². The molecule has 1 aliphatic rings. The summed E-state index contributed by atoms with van der Waals surface area (Å²) in [6, 6.07) is 21.5. The van der Waals surface area contributed by atoms with Gasteiger partial charge in [0.2, 0.25) is 0 Å². The van der Waals surface area contributed by atoms with E-state index in [1.165, 1.54) is 35.2 Å². The fraction of sp³-hybridized carbons (Fsp3) is 0.292. The Morgan fingerprint density at radius 2 is 1.59 bits per heavy atom. The molecule has 0 amide bonds. The highest BCUT2D eigenvalue weighted by atomic mass is 15.6. The lowest BCUT2D eigenvalue weighted by Crippen LogP contribution is -2.47. The van der Waals surface area contributed by atoms with Gasteiger partial charge in [-0.15, -0.1) is 0 Å². The largest absolute Gasteiger partial charge is 0.305 e. The average Bonchev–Trinajstić information content (AvgIpc) is 2.67. The summed E-state index contributed by atoms with van der Waals surface area (Å²) in [5.74, 6) is 0. The predicted molar refractivity (Wildman–Crippen MR) is 112 cm³/mol. The van der Waals surface area contributed by atoms with Crippen molar-refractivity contribution in [3.05, 3.63) is 76.9 Å². The highest BCUT2D eigenvalue weighted by Gasteiger charge is 2.22. The number of aryl methyl sites for hydroxylation is 2. The zero-order valence-corrected chi connectivity index (χ0v) is 16.1. The molecule has 4 rings (SSSR count). The maximum Gasteiger partial charge on any atom is 0.0998 e. The van der Waals surface area contributed by atoms with Crippen LogP contribution < -0.4 is 5.01 Å². The van der Waals surface area contributed by atoms with Gasteiger partial charge in [-0.25, -0.2) is 5.01 Å². The Morgan fingerprint density at radius 1 is 0.889 bits per heavy atom. The van der Waals surface area contributed by atoms with Gasteiger partial charge in [0.15, 0.2) is 0 Å². The van der Waals surface area contributed by atoms with Crippen LogP contribution in [0.4, 0.5) is 5.69 Å². The summed E-state index contributed by atoms with van der Waals surface area (Å²) < 4.78 is 0. The minimum Gasteiger partial charge on any atom is -0.305 e. The van der Waals surface area contributed by atoms with Crippen molar-refractivity contribution in [2.75, 3.05) is 18.1 Å². The number of rotatable bonds is 3. The number of anilines is 1. The van der Waals surface area contributed by atoms with Gasteiger partial charge in [-0.05, 0) is 44.4 Å². The standard InChI is InChI=1S/C24H25N3/c1-18-13-19(2)15-20(14-18)17-26-11-5-6-12-27(26)24-10-9-21(16-25)22-7-3-4-8-23(22)24/h3-4,7-10,13-15H,5-6,11-12,17H2,1-2H3. The Kier molecular flexibility index (Phi) is 4.83. The van der Waals surface area contributed by atoms with E-state index in [0.717, 1.165) is 36.0 Å². The van der Waals surface area contributed by atoms with Gasteiger partial charge in [-0.2, -0.15) is 5.26 Å². The van der Waals surface area contributed by atoms with Gasteiger partial charge in [0.1, 0.15) is 0 Å². The van der Waals surface area contributed by atoms with Crippen LogP contribution in [0.1, 0.15) is 35.1 Å². The third kappa shape index (κ3) is 3.54. The highest BCUT2D eigenvalue weighted by molar-refractivity contribution is 5.97. The quantitative estimate of drug-likeness (QED) is 0.635. The molecule has 1 heterocycles. The summed E-state index contributed by atoms with van der Waals surface area (Å²) in [6.07, 6.45) is 2.41. The zero-order chi connectivity index (χ0) is 18.8. The van der Waals surface area contributed by atoms with Gasteiger partial charge in [0.05, 0.1) is 17.3 Å². The molecule has 0 unspecified atom stereocenters. The van der Waals surface area contributed by atoms with Gasteiger partial charge >= 0.3 is 0 Å². The van der Waals surface area contributed by atoms with E-state index >= 15 is 0 Å². The summed E-state index contributed by atoms with van der Waals surface area (Å²) in [5.41, 5.74) is 5.94. The molecule has 136 valence electrons. The first-order valence-electron chi connectivity index (χ1n) is 9.67. The Bertz CT molecular complexity index is 996. The molecule has 0 N–H and O–H groups in total. The normalized spacial score (nSPS) is 15.1. The third-order valence-corrected chi connectivity index (χ3v) is 5.32. The van der Waals surface area contributed by atoms with Crippen LogP contribution in [0.3, 0.4) is 0 Å². The van der Waals surface area contributed by atoms with Gasteiger partial charge in [0, 0.05) is 30.4 Å². The molecule has 0 bridgehead atoms. The van der Waals surface area contributed by atoms with Crippen molar-refractivity contribution in [1.29, 1.82) is 5.26 Å². The summed E-state index contributed by atoms with van der Waals surface area (Å²) in [7, 11) is 0. The Labute approximate surface area is 161 Å². The lowest BCUT2D eigenvalue weighted by Gasteiger charge is -2.41. The number of hydrogen-bond donors (Lipinski definition) is 0. The van der Waals surface area contributed by atoms with Crippen molar-refractivity contribution >= 4 is 16.5 Å². The highest BCUT2D eigenvalue weighted by Crippen LogP contribution is 2.32. The number of hydrazine groups is 1. The number of hydrogen-bond acceptors (Lipinski definition) is 3. The molecule has 1 fully saturated rings. The molecule has 3 heteroatoms. The van der Waals surface area contributed by atoms with E-state index in [-0.39, 0.29) is 0 Å². The van der Waals surface area contributed by atoms with Crippen LogP contribution in [-0.4, -0.2) is 18.1 Å². The Balaban J connectivity index is 1.73. The molecule has 3 aromatic carbocycles. The average molecular weight is 355 g/mol. The molecular formula is C24H25N3. The molecule has 27 heavy (non-hydrogen) atoms. The van der Waals surface area contributed by atoms with Crippen LogP contribution >= 0.6 is 0 Å². The van der Waals surface area contributed by atoms with Gasteiger partial charge in [0.25, 0.3) is 0 Å². The molecule has 0 spiro atoms. The smallest absolute Gasteiger partial charge is 0.0998 e. The first-order valence-corrected chi connectivity index (χ1v) is 9.67. The van der Waals surface area contributed by atoms with Crippen LogP contribution in [0.2, 0.25) is 0 Å². The summed E-state index contributed by atoms with van der Waals surface area (Å²) in [4.78, 5) is 0. The minimum atomic E-state index is 0.743. The monoisotopic (exact) mass is 355 g/mol. The van der Waals surface area contributed by atoms with Crippen molar-refractivity contribution in [1.82, 2.24) is 5.01 Å². The molecule has 0 aliphatic carbocycles. The van der Waals surface area contributed by atoms with Gasteiger partial charge in [-0.3, -0.25) is 0 Å². The lowest BCUT2D eigenvalue weighted by atomic mass is 10.0. The van der Waals surface area contributed by atoms with E-state index in [4.69, 9.17) is 0 Å². The molecule has 0 atom stereocenters. The van der Waals surface area contributed by atoms with Crippen LogP contribution in [0.15, 0.2) is 54.6 Å². The van der Waals surface area contributed by atoms with Crippen LogP contribution in [0, 0.1) is 25.2 Å². The number of nitrogens with zero attached hydrogens (tertiary/aromatic N) is 3. The summed E-state index contributed by atoms with van der Waals surface area (Å²) in [6.45, 7) is 7.32. The first-order chi connectivity index (χ1) is 13.2. The molecule has 3 aromatic rings. The maximum atomic E-state index is 9.46. The van der Waals surface area contributed by atoms with E-state index in [1.807, 2.05) is 12.1 Å². The molecule has 1 aliphatic heterocycles. The molecule has 0 saturated carbocycles. The van der Waals surface area contributed by atoms with E-state index in [1.54, 1.807) is 0 Å². The fourth-order valence-electron chi connectivity index (χ4n) is 4.23. The van der Waals surface area contributed by atoms with Crippen molar-refractivity contribution in [3.63, 3.8) is 0 Å². The predicted octanol–water partition coefficient (Wildman–Crippen LogP) is 5.35. The molecule has 0 aromatic heterocycles. The summed E-state index contributed by atoms with van der Waals surface area (Å²) >= 11 is 0. The molecule has 0 radical (unpaired) electrons. The molecular weight excluding hydrogens is 330 g/mol. The molecule has 3 nitrogen and oxygen atoms in total. The van der Waals surface area contributed by atoms with Crippen LogP contribution in [0.25, 0.3) is 10.8 Å². The van der Waals surface area contributed by atoms with Crippen LogP contribution in [-0.2, 0) is 6.54 Å². The van der Waals surface area contributed by atoms with Crippen molar-refractivity contribution in [3.8, 4) is 6.07 Å². The second-order valence-corrected chi connectivity index (χ2v) is 7.50. The zero-order valence-electron chi connectivity index (χ0n) is 16.1. The van der Waals surface area contributed by atoms with Crippen molar-refractivity contribution < 1.29 is 0 Å². The van der Waals surface area contributed by atoms with E-state index in [9.17, 15) is 5.26 Å². The molecule has 1 saturated heterocycles. The topological polar surface area (TPSA) is 30.3 Å².